The molecule has 0 radical (unpaired) electrons. The maximum atomic E-state index is 12.3. The van der Waals surface area contributed by atoms with Crippen LogP contribution < -0.4 is 5.73 Å². The van der Waals surface area contributed by atoms with Crippen molar-refractivity contribution in [2.75, 3.05) is 19.8 Å². The van der Waals surface area contributed by atoms with Crippen LogP contribution in [0.4, 0.5) is 0 Å². The zero-order chi connectivity index (χ0) is 20.5. The quantitative estimate of drug-likeness (QED) is 0.668. The molecule has 1 aromatic carbocycles. The fourth-order valence-electron chi connectivity index (χ4n) is 3.67. The molecule has 2 N–H and O–H groups in total. The van der Waals surface area contributed by atoms with Crippen molar-refractivity contribution in [3.05, 3.63) is 78.2 Å². The summed E-state index contributed by atoms with van der Waals surface area (Å²) in [5.74, 6) is -0.125. The monoisotopic (exact) mass is 408 g/mol. The average molecular weight is 409 g/mol. The fraction of sp³-hybridized carbons (Fsp3) is 0.182. The molecule has 1 aliphatic heterocycles. The smallest absolute Gasteiger partial charge is 0.246 e. The summed E-state index contributed by atoms with van der Waals surface area (Å²) in [6.45, 7) is 8.90. The molecule has 4 rings (SSSR count). The molecular formula is C22H21ClN4O2. The Labute approximate surface area is 173 Å². The number of carbonyl (C=O) groups is 1. The lowest BCUT2D eigenvalue weighted by Crippen LogP contribution is -2.42. The minimum absolute atomic E-state index is 0.125. The Balaban J connectivity index is 1.81. The number of carbonyl (C=O) groups excluding carboxylic acids is 1. The van der Waals surface area contributed by atoms with Gasteiger partial charge in [-0.15, -0.1) is 0 Å². The number of halogens is 1. The molecule has 3 heterocycles. The number of nitrogens with zero attached hydrogens (tertiary/aromatic N) is 3. The highest BCUT2D eigenvalue weighted by atomic mass is 35.5. The van der Waals surface area contributed by atoms with Gasteiger partial charge in [0.15, 0.2) is 0 Å². The summed E-state index contributed by atoms with van der Waals surface area (Å²) in [6.07, 6.45) is 4.89. The molecule has 7 heteroatoms. The van der Waals surface area contributed by atoms with Crippen molar-refractivity contribution < 1.29 is 9.53 Å². The van der Waals surface area contributed by atoms with Crippen LogP contribution in [0.25, 0.3) is 22.5 Å². The normalized spacial score (nSPS) is 16.7. The second kappa shape index (κ2) is 7.73. The number of hydrogen-bond donors (Lipinski definition) is 1. The first-order valence-electron chi connectivity index (χ1n) is 9.21. The van der Waals surface area contributed by atoms with Gasteiger partial charge in [-0.05, 0) is 53.1 Å². The van der Waals surface area contributed by atoms with E-state index in [9.17, 15) is 4.79 Å². The van der Waals surface area contributed by atoms with E-state index in [1.165, 1.54) is 6.08 Å². The van der Waals surface area contributed by atoms with Crippen molar-refractivity contribution in [3.8, 4) is 11.1 Å². The molecular weight excluding hydrogens is 388 g/mol. The van der Waals surface area contributed by atoms with Gasteiger partial charge < -0.3 is 15.4 Å². The summed E-state index contributed by atoms with van der Waals surface area (Å²) < 4.78 is 7.52. The summed E-state index contributed by atoms with van der Waals surface area (Å²) in [4.78, 5) is 18.5. The molecule has 0 aliphatic carbocycles. The van der Waals surface area contributed by atoms with Crippen molar-refractivity contribution in [3.63, 3.8) is 0 Å². The number of aromatic nitrogens is 2. The van der Waals surface area contributed by atoms with Crippen LogP contribution in [0, 0.1) is 0 Å². The van der Waals surface area contributed by atoms with Crippen LogP contribution in [0.5, 0.6) is 0 Å². The lowest BCUT2D eigenvalue weighted by atomic mass is 9.98. The van der Waals surface area contributed by atoms with Crippen LogP contribution >= 0.6 is 11.6 Å². The van der Waals surface area contributed by atoms with Crippen molar-refractivity contribution in [2.45, 2.75) is 6.04 Å². The van der Waals surface area contributed by atoms with E-state index in [0.29, 0.717) is 30.5 Å². The maximum absolute atomic E-state index is 12.3. The second-order valence-electron chi connectivity index (χ2n) is 6.91. The van der Waals surface area contributed by atoms with Gasteiger partial charge in [0.2, 0.25) is 5.91 Å². The van der Waals surface area contributed by atoms with Gasteiger partial charge in [0.25, 0.3) is 0 Å². The predicted molar refractivity (Wildman–Crippen MR) is 114 cm³/mol. The van der Waals surface area contributed by atoms with Crippen molar-refractivity contribution in [1.82, 2.24) is 14.3 Å². The Morgan fingerprint density at radius 1 is 1.28 bits per heavy atom. The van der Waals surface area contributed by atoms with Crippen LogP contribution in [0.3, 0.4) is 0 Å². The highest BCUT2D eigenvalue weighted by molar-refractivity contribution is 6.31. The minimum Gasteiger partial charge on any atom is -0.398 e. The van der Waals surface area contributed by atoms with Gasteiger partial charge in [0, 0.05) is 29.7 Å². The Morgan fingerprint density at radius 2 is 2.07 bits per heavy atom. The number of amides is 1. The molecule has 2 aromatic heterocycles. The van der Waals surface area contributed by atoms with Crippen LogP contribution in [-0.4, -0.2) is 40.0 Å². The summed E-state index contributed by atoms with van der Waals surface area (Å²) >= 11 is 6.45. The third kappa shape index (κ3) is 3.64. The molecule has 29 heavy (non-hydrogen) atoms. The molecule has 148 valence electrons. The van der Waals surface area contributed by atoms with Gasteiger partial charge in [-0.3, -0.25) is 9.20 Å². The molecule has 1 unspecified atom stereocenters. The second-order valence-corrected chi connectivity index (χ2v) is 7.35. The lowest BCUT2D eigenvalue weighted by Gasteiger charge is -2.35. The van der Waals surface area contributed by atoms with Gasteiger partial charge in [0.05, 0.1) is 24.9 Å². The van der Waals surface area contributed by atoms with Gasteiger partial charge in [0.1, 0.15) is 5.65 Å². The van der Waals surface area contributed by atoms with Crippen LogP contribution in [0.15, 0.2) is 62.0 Å². The Hall–Kier alpha value is -3.09. The highest BCUT2D eigenvalue weighted by Crippen LogP contribution is 2.33. The highest BCUT2D eigenvalue weighted by Gasteiger charge is 2.28. The zero-order valence-corrected chi connectivity index (χ0v) is 16.6. The van der Waals surface area contributed by atoms with Gasteiger partial charge in [-0.25, -0.2) is 4.98 Å². The van der Waals surface area contributed by atoms with Gasteiger partial charge >= 0.3 is 0 Å². The third-order valence-corrected chi connectivity index (χ3v) is 5.28. The number of rotatable bonds is 4. The van der Waals surface area contributed by atoms with Crippen LogP contribution in [-0.2, 0) is 9.53 Å². The fourth-order valence-corrected chi connectivity index (χ4v) is 3.91. The van der Waals surface area contributed by atoms with E-state index in [2.05, 4.69) is 18.1 Å². The van der Waals surface area contributed by atoms with E-state index < -0.39 is 0 Å². The summed E-state index contributed by atoms with van der Waals surface area (Å²) in [6, 6.07) is 9.46. The lowest BCUT2D eigenvalue weighted by molar-refractivity contribution is -0.134. The first-order chi connectivity index (χ1) is 14.0. The number of nitrogens with two attached hydrogens (primary N) is 1. The van der Waals surface area contributed by atoms with E-state index in [0.717, 1.165) is 28.0 Å². The minimum atomic E-state index is -0.231. The van der Waals surface area contributed by atoms with Gasteiger partial charge in [-0.2, -0.15) is 0 Å². The molecule has 0 spiro atoms. The molecule has 1 atom stereocenters. The Morgan fingerprint density at radius 3 is 2.83 bits per heavy atom. The van der Waals surface area contributed by atoms with Gasteiger partial charge in [-0.1, -0.05) is 24.8 Å². The molecule has 0 bridgehead atoms. The maximum Gasteiger partial charge on any atom is 0.246 e. The summed E-state index contributed by atoms with van der Waals surface area (Å²) in [7, 11) is 0. The average Bonchev–Trinajstić information content (AvgIpc) is 3.20. The molecule has 3 aromatic rings. The predicted octanol–water partition coefficient (Wildman–Crippen LogP) is 3.67. The molecule has 6 nitrogen and oxygen atoms in total. The summed E-state index contributed by atoms with van der Waals surface area (Å²) in [5, 5.41) is 0.574. The molecule has 1 aliphatic rings. The number of imidazole rings is 1. The first kappa shape index (κ1) is 19.2. The standard InChI is InChI=1S/C22H21ClN4O2/c1-3-22(28)27-6-7-29-13-20(27)17-8-15(9-18(23)10-17)16-11-19(14(2)24)26-5-4-25-21(26)12-16/h3-5,8-12,20H,1-2,6-7,13,24H2. The molecule has 0 saturated carbocycles. The van der Waals surface area contributed by atoms with E-state index in [-0.39, 0.29) is 11.9 Å². The number of fused-ring (bicyclic) bond motifs is 1. The van der Waals surface area contributed by atoms with E-state index in [1.807, 2.05) is 40.9 Å². The number of pyridine rings is 1. The Kier molecular flexibility index (Phi) is 5.13. The number of hydrogen-bond acceptors (Lipinski definition) is 4. The summed E-state index contributed by atoms with van der Waals surface area (Å²) in [5.41, 5.74) is 10.7. The largest absolute Gasteiger partial charge is 0.398 e. The number of morpholine rings is 1. The SMILES string of the molecule is C=CC(=O)N1CCOCC1c1cc(Cl)cc(-c2cc(C(=C)N)n3ccnc3c2)c1. The Bertz CT molecular complexity index is 1120. The van der Waals surface area contributed by atoms with Crippen LogP contribution in [0.2, 0.25) is 5.02 Å². The number of ether oxygens (including phenoxy) is 1. The zero-order valence-electron chi connectivity index (χ0n) is 15.8. The van der Waals surface area contributed by atoms with E-state index in [4.69, 9.17) is 22.1 Å². The molecule has 1 amide bonds. The molecule has 1 saturated heterocycles. The topological polar surface area (TPSA) is 72.9 Å². The number of benzene rings is 1. The van der Waals surface area contributed by atoms with Crippen LogP contribution in [0.1, 0.15) is 17.3 Å². The van der Waals surface area contributed by atoms with Crippen molar-refractivity contribution in [2.24, 2.45) is 5.73 Å². The van der Waals surface area contributed by atoms with Crippen molar-refractivity contribution >= 4 is 28.9 Å². The van der Waals surface area contributed by atoms with E-state index >= 15 is 0 Å². The van der Waals surface area contributed by atoms with E-state index in [1.54, 1.807) is 11.1 Å². The third-order valence-electron chi connectivity index (χ3n) is 5.06. The van der Waals surface area contributed by atoms with Crippen molar-refractivity contribution in [1.29, 1.82) is 0 Å². The molecule has 1 fully saturated rings. The first-order valence-corrected chi connectivity index (χ1v) is 9.59.